The van der Waals surface area contributed by atoms with Crippen LogP contribution in [-0.4, -0.2) is 29.1 Å². The van der Waals surface area contributed by atoms with E-state index in [1.54, 1.807) is 36.4 Å². The lowest BCUT2D eigenvalue weighted by atomic mass is 9.43. The van der Waals surface area contributed by atoms with E-state index in [4.69, 9.17) is 0 Å². The molecule has 6 heteroatoms. The fourth-order valence-electron chi connectivity index (χ4n) is 10.4. The maximum Gasteiger partial charge on any atom is 0.292 e. The topological polar surface area (TPSA) is 83.7 Å². The van der Waals surface area contributed by atoms with Crippen molar-refractivity contribution in [2.75, 3.05) is 11.9 Å². The highest BCUT2D eigenvalue weighted by molar-refractivity contribution is 5.95. The molecule has 0 radical (unpaired) electrons. The molecule has 0 bridgehead atoms. The molecular formula is C34H50N2O4. The van der Waals surface area contributed by atoms with Crippen LogP contribution < -0.4 is 4.90 Å². The van der Waals surface area contributed by atoms with E-state index in [1.165, 1.54) is 43.1 Å². The van der Waals surface area contributed by atoms with Crippen LogP contribution in [0.15, 0.2) is 35.4 Å². The minimum Gasteiger partial charge on any atom is -0.393 e. The molecule has 2 saturated carbocycles. The third kappa shape index (κ3) is 4.18. The summed E-state index contributed by atoms with van der Waals surface area (Å²) >= 11 is 0. The number of para-hydroxylation sites is 2. The van der Waals surface area contributed by atoms with Gasteiger partial charge in [0.1, 0.15) is 5.69 Å². The van der Waals surface area contributed by atoms with E-state index in [9.17, 15) is 20.0 Å². The normalized spacial score (nSPS) is 37.2. The lowest BCUT2D eigenvalue weighted by molar-refractivity contribution is -0.384. The van der Waals surface area contributed by atoms with Gasteiger partial charge >= 0.3 is 0 Å². The highest BCUT2D eigenvalue weighted by Crippen LogP contribution is 2.72. The Morgan fingerprint density at radius 3 is 2.45 bits per heavy atom. The quantitative estimate of drug-likeness (QED) is 0.220. The van der Waals surface area contributed by atoms with Crippen LogP contribution in [0.2, 0.25) is 0 Å². The van der Waals surface area contributed by atoms with Gasteiger partial charge in [0.25, 0.3) is 5.69 Å². The monoisotopic (exact) mass is 550 g/mol. The van der Waals surface area contributed by atoms with Crippen molar-refractivity contribution in [2.45, 2.75) is 112 Å². The molecule has 2 fully saturated rings. The smallest absolute Gasteiger partial charge is 0.292 e. The molecule has 40 heavy (non-hydrogen) atoms. The van der Waals surface area contributed by atoms with Crippen LogP contribution in [0.1, 0.15) is 106 Å². The maximum atomic E-state index is 13.2. The Morgan fingerprint density at radius 2 is 1.75 bits per heavy atom. The Balaban J connectivity index is 1.33. The minimum absolute atomic E-state index is 0.0315. The van der Waals surface area contributed by atoms with E-state index in [0.29, 0.717) is 29.9 Å². The standard InChI is InChI=1S/C34H50N2O4/c1-22(12-15-30(38)35(7)26-10-8-9-11-27(26)36(39)40)23-16-20-34(6)25-13-14-28-31(2,3)29(37)18-19-32(28,4)24(25)17-21-33(23,34)5/h8-11,22-23,28-29,37H,12-21H2,1-7H3/t22-,23-,28+,29+,32-,33-,34+/m1/s1. The van der Waals surface area contributed by atoms with E-state index < -0.39 is 4.92 Å². The SMILES string of the molecule is C[C@H](CCC(=O)N(C)c1ccccc1[N+](=O)[O-])[C@H]1CC[C@@]2(C)C3=C(CC[C@]12C)[C@@]1(C)CC[C@H](O)C(C)(C)[C@@H]1CC3. The molecule has 0 aromatic heterocycles. The fraction of sp³-hybridized carbons (Fsp3) is 0.735. The third-order valence-corrected chi connectivity index (χ3v) is 13.1. The van der Waals surface area contributed by atoms with Gasteiger partial charge in [-0.05, 0) is 103 Å². The summed E-state index contributed by atoms with van der Waals surface area (Å²) in [6, 6.07) is 6.49. The number of aliphatic hydroxyl groups excluding tert-OH is 1. The van der Waals surface area contributed by atoms with Crippen LogP contribution >= 0.6 is 0 Å². The highest BCUT2D eigenvalue weighted by Gasteiger charge is 2.63. The van der Waals surface area contributed by atoms with Crippen LogP contribution in [0.4, 0.5) is 11.4 Å². The van der Waals surface area contributed by atoms with Crippen molar-refractivity contribution in [2.24, 2.45) is 39.4 Å². The predicted octanol–water partition coefficient (Wildman–Crippen LogP) is 8.08. The molecule has 1 aromatic carbocycles. The molecule has 0 aliphatic heterocycles. The van der Waals surface area contributed by atoms with Gasteiger partial charge in [-0.25, -0.2) is 0 Å². The van der Waals surface area contributed by atoms with Gasteiger partial charge in [-0.15, -0.1) is 0 Å². The van der Waals surface area contributed by atoms with Crippen molar-refractivity contribution in [3.05, 3.63) is 45.5 Å². The van der Waals surface area contributed by atoms with Crippen LogP contribution in [0.3, 0.4) is 0 Å². The average Bonchev–Trinajstić information content (AvgIpc) is 3.20. The first-order valence-electron chi connectivity index (χ1n) is 15.6. The number of hydrogen-bond donors (Lipinski definition) is 1. The molecule has 4 aliphatic rings. The molecule has 1 amide bonds. The van der Waals surface area contributed by atoms with Crippen LogP contribution in [0.5, 0.6) is 0 Å². The average molecular weight is 551 g/mol. The van der Waals surface area contributed by atoms with Crippen LogP contribution in [0.25, 0.3) is 0 Å². The Bertz CT molecular complexity index is 1220. The number of carbonyl (C=O) groups is 1. The Labute approximate surface area is 240 Å². The van der Waals surface area contributed by atoms with Gasteiger partial charge in [-0.1, -0.05) is 64.8 Å². The molecule has 5 rings (SSSR count). The van der Waals surface area contributed by atoms with Crippen LogP contribution in [0, 0.1) is 49.5 Å². The van der Waals surface area contributed by atoms with Crippen molar-refractivity contribution in [3.63, 3.8) is 0 Å². The second kappa shape index (κ2) is 9.96. The molecule has 0 unspecified atom stereocenters. The Morgan fingerprint density at radius 1 is 1.05 bits per heavy atom. The van der Waals surface area contributed by atoms with Gasteiger partial charge < -0.3 is 10.0 Å². The number of benzene rings is 1. The molecular weight excluding hydrogens is 500 g/mol. The number of hydrogen-bond acceptors (Lipinski definition) is 4. The summed E-state index contributed by atoms with van der Waals surface area (Å²) in [4.78, 5) is 25.7. The molecule has 4 aliphatic carbocycles. The van der Waals surface area contributed by atoms with E-state index >= 15 is 0 Å². The number of nitro benzene ring substituents is 1. The first-order valence-corrected chi connectivity index (χ1v) is 15.6. The molecule has 1 aromatic rings. The van der Waals surface area contributed by atoms with Crippen molar-refractivity contribution in [1.29, 1.82) is 0 Å². The van der Waals surface area contributed by atoms with E-state index in [2.05, 4.69) is 41.5 Å². The van der Waals surface area contributed by atoms with Gasteiger partial charge in [0, 0.05) is 19.5 Å². The largest absolute Gasteiger partial charge is 0.393 e. The van der Waals surface area contributed by atoms with Crippen molar-refractivity contribution < 1.29 is 14.8 Å². The van der Waals surface area contributed by atoms with Gasteiger partial charge in [-0.3, -0.25) is 14.9 Å². The lowest BCUT2D eigenvalue weighted by Gasteiger charge is -2.62. The van der Waals surface area contributed by atoms with Crippen molar-refractivity contribution >= 4 is 17.3 Å². The van der Waals surface area contributed by atoms with Gasteiger partial charge in [0.05, 0.1) is 11.0 Å². The maximum absolute atomic E-state index is 13.2. The Kier molecular flexibility index (Phi) is 7.29. The fourth-order valence-corrected chi connectivity index (χ4v) is 10.4. The van der Waals surface area contributed by atoms with E-state index in [-0.39, 0.29) is 39.4 Å². The number of rotatable bonds is 6. The minimum atomic E-state index is -0.418. The van der Waals surface area contributed by atoms with Crippen molar-refractivity contribution in [3.8, 4) is 0 Å². The summed E-state index contributed by atoms with van der Waals surface area (Å²) in [6.45, 7) is 14.5. The molecule has 0 saturated heterocycles. The molecule has 7 atom stereocenters. The highest BCUT2D eigenvalue weighted by atomic mass is 16.6. The van der Waals surface area contributed by atoms with E-state index in [1.807, 2.05) is 0 Å². The zero-order valence-corrected chi connectivity index (χ0v) is 25.8. The number of amides is 1. The van der Waals surface area contributed by atoms with Gasteiger partial charge in [0.15, 0.2) is 0 Å². The van der Waals surface area contributed by atoms with E-state index in [0.717, 1.165) is 25.7 Å². The molecule has 0 heterocycles. The number of carbonyl (C=O) groups excluding carboxylic acids is 1. The molecule has 6 nitrogen and oxygen atoms in total. The first-order chi connectivity index (χ1) is 18.7. The summed E-state index contributed by atoms with van der Waals surface area (Å²) in [5.41, 5.74) is 4.37. The number of aliphatic hydroxyl groups is 1. The Hall–Kier alpha value is -2.21. The van der Waals surface area contributed by atoms with Gasteiger partial charge in [0.2, 0.25) is 5.91 Å². The number of nitro groups is 1. The second-order valence-electron chi connectivity index (χ2n) is 15.0. The van der Waals surface area contributed by atoms with Crippen molar-refractivity contribution in [1.82, 2.24) is 0 Å². The second-order valence-corrected chi connectivity index (χ2v) is 15.0. The lowest BCUT2D eigenvalue weighted by Crippen LogP contribution is -2.55. The number of nitrogens with zero attached hydrogens (tertiary/aromatic N) is 2. The summed E-state index contributed by atoms with van der Waals surface area (Å²) < 4.78 is 0. The summed E-state index contributed by atoms with van der Waals surface area (Å²) in [6.07, 6.45) is 10.1. The molecule has 0 spiro atoms. The summed E-state index contributed by atoms with van der Waals surface area (Å²) in [7, 11) is 1.65. The zero-order valence-electron chi connectivity index (χ0n) is 25.8. The number of allylic oxidation sites excluding steroid dienone is 2. The van der Waals surface area contributed by atoms with Gasteiger partial charge in [-0.2, -0.15) is 0 Å². The first kappa shape index (κ1) is 29.3. The molecule has 1 N–H and O–H groups in total. The number of anilines is 1. The summed E-state index contributed by atoms with van der Waals surface area (Å²) in [5.74, 6) is 1.45. The summed E-state index contributed by atoms with van der Waals surface area (Å²) in [5, 5.41) is 22.4. The number of fused-ring (bicyclic) bond motifs is 4. The third-order valence-electron chi connectivity index (χ3n) is 13.1. The zero-order chi connectivity index (χ0) is 29.3. The predicted molar refractivity (Wildman–Crippen MR) is 160 cm³/mol. The van der Waals surface area contributed by atoms with Crippen LogP contribution in [-0.2, 0) is 4.79 Å². The molecule has 220 valence electrons.